The zero-order chi connectivity index (χ0) is 29.9. The van der Waals surface area contributed by atoms with Crippen LogP contribution in [0.3, 0.4) is 0 Å². The topological polar surface area (TPSA) is 129 Å². The molecule has 0 radical (unpaired) electrons. The van der Waals surface area contributed by atoms with Crippen molar-refractivity contribution in [2.24, 2.45) is 5.73 Å². The number of hydrogen-bond acceptors (Lipinski definition) is 7. The molecule has 0 unspecified atom stereocenters. The molecule has 12 heteroatoms. The molecule has 2 heterocycles. The molecular weight excluding hydrogens is 533 g/mol. The third-order valence-electron chi connectivity index (χ3n) is 6.46. The largest absolute Gasteiger partial charge is 0.497 e. The summed E-state index contributed by atoms with van der Waals surface area (Å²) in [6.07, 6.45) is 0.129. The van der Waals surface area contributed by atoms with E-state index in [0.29, 0.717) is 29.8 Å². The number of nitrogens with zero attached hydrogens (tertiary/aromatic N) is 4. The van der Waals surface area contributed by atoms with Gasteiger partial charge in [-0.05, 0) is 76.1 Å². The van der Waals surface area contributed by atoms with Crippen LogP contribution < -0.4 is 20.3 Å². The lowest BCUT2D eigenvalue weighted by atomic mass is 10.1. The molecule has 3 amide bonds. The van der Waals surface area contributed by atoms with Crippen LogP contribution in [0.15, 0.2) is 42.5 Å². The van der Waals surface area contributed by atoms with Gasteiger partial charge in [-0.15, -0.1) is 0 Å². The lowest BCUT2D eigenvalue weighted by Gasteiger charge is -2.28. The number of carbonyl (C=O) groups is 3. The summed E-state index contributed by atoms with van der Waals surface area (Å²) in [4.78, 5) is 41.7. The minimum absolute atomic E-state index is 0.0118. The molecule has 3 aromatic rings. The van der Waals surface area contributed by atoms with Crippen molar-refractivity contribution in [3.05, 3.63) is 65.2 Å². The van der Waals surface area contributed by atoms with Gasteiger partial charge in [0.25, 0.3) is 11.8 Å². The lowest BCUT2D eigenvalue weighted by molar-refractivity contribution is 0.0567. The van der Waals surface area contributed by atoms with Crippen LogP contribution in [0.4, 0.5) is 20.6 Å². The fourth-order valence-corrected chi connectivity index (χ4v) is 4.60. The van der Waals surface area contributed by atoms with E-state index >= 15 is 4.39 Å². The van der Waals surface area contributed by atoms with E-state index < -0.39 is 29.3 Å². The fourth-order valence-electron chi connectivity index (χ4n) is 4.60. The lowest BCUT2D eigenvalue weighted by Crippen LogP contribution is -2.39. The second-order valence-electron chi connectivity index (χ2n) is 10.5. The van der Waals surface area contributed by atoms with Crippen molar-refractivity contribution in [2.45, 2.75) is 39.2 Å². The highest BCUT2D eigenvalue weighted by Gasteiger charge is 2.33. The number of fused-ring (bicyclic) bond motifs is 1. The van der Waals surface area contributed by atoms with E-state index in [-0.39, 0.29) is 42.5 Å². The zero-order valence-electron chi connectivity index (χ0n) is 23.8. The zero-order valence-corrected chi connectivity index (χ0v) is 23.8. The summed E-state index contributed by atoms with van der Waals surface area (Å²) in [6.45, 7) is 5.64. The third kappa shape index (κ3) is 6.32. The van der Waals surface area contributed by atoms with E-state index in [1.807, 2.05) is 0 Å². The summed E-state index contributed by atoms with van der Waals surface area (Å²) >= 11 is 0. The molecule has 4 rings (SSSR count). The molecule has 0 fully saturated rings. The summed E-state index contributed by atoms with van der Waals surface area (Å²) in [6, 6.07) is 11.0. The van der Waals surface area contributed by atoms with Crippen molar-refractivity contribution in [2.75, 3.05) is 43.7 Å². The van der Waals surface area contributed by atoms with Crippen molar-refractivity contribution in [1.82, 2.24) is 9.78 Å². The number of methoxy groups -OCH3 is 2. The van der Waals surface area contributed by atoms with Crippen LogP contribution in [-0.2, 0) is 15.9 Å². The minimum Gasteiger partial charge on any atom is -0.497 e. The van der Waals surface area contributed by atoms with Crippen molar-refractivity contribution >= 4 is 29.3 Å². The number of anilines is 2. The Morgan fingerprint density at radius 2 is 1.78 bits per heavy atom. The molecule has 41 heavy (non-hydrogen) atoms. The van der Waals surface area contributed by atoms with Crippen molar-refractivity contribution in [3.63, 3.8) is 0 Å². The SMILES string of the molecule is COCCN(C(=O)OC(C)(C)C)c1ccc(N2CCCc3c(C(N)=O)nn(-c4ccc(OC)cc4)c3C2=O)cc1F. The molecule has 2 aromatic carbocycles. The van der Waals surface area contributed by atoms with Gasteiger partial charge in [0.1, 0.15) is 22.9 Å². The first-order valence-electron chi connectivity index (χ1n) is 13.1. The number of halogens is 1. The van der Waals surface area contributed by atoms with Crippen LogP contribution >= 0.6 is 0 Å². The van der Waals surface area contributed by atoms with Gasteiger partial charge < -0.3 is 24.8 Å². The highest BCUT2D eigenvalue weighted by atomic mass is 19.1. The summed E-state index contributed by atoms with van der Waals surface area (Å²) < 4.78 is 32.8. The predicted molar refractivity (Wildman–Crippen MR) is 150 cm³/mol. The van der Waals surface area contributed by atoms with Gasteiger partial charge in [0, 0.05) is 24.9 Å². The van der Waals surface area contributed by atoms with Crippen LogP contribution in [0.2, 0.25) is 0 Å². The first-order valence-corrected chi connectivity index (χ1v) is 13.1. The Kier molecular flexibility index (Phi) is 8.62. The quantitative estimate of drug-likeness (QED) is 0.434. The van der Waals surface area contributed by atoms with Gasteiger partial charge >= 0.3 is 6.09 Å². The summed E-state index contributed by atoms with van der Waals surface area (Å²) in [5, 5.41) is 4.38. The second-order valence-corrected chi connectivity index (χ2v) is 10.5. The Labute approximate surface area is 237 Å². The van der Waals surface area contributed by atoms with Gasteiger partial charge in [0.05, 0.1) is 31.6 Å². The number of nitrogens with two attached hydrogens (primary N) is 1. The Hall–Kier alpha value is -4.45. The number of primary amides is 1. The molecule has 0 aliphatic carbocycles. The van der Waals surface area contributed by atoms with Crippen LogP contribution in [0, 0.1) is 5.82 Å². The highest BCUT2D eigenvalue weighted by molar-refractivity contribution is 6.09. The van der Waals surface area contributed by atoms with Crippen molar-refractivity contribution < 1.29 is 33.0 Å². The van der Waals surface area contributed by atoms with Crippen LogP contribution in [-0.4, -0.2) is 67.2 Å². The molecule has 0 saturated carbocycles. The normalized spacial score (nSPS) is 13.4. The molecule has 1 aliphatic rings. The van der Waals surface area contributed by atoms with Gasteiger partial charge in [-0.3, -0.25) is 14.5 Å². The fraction of sp³-hybridized carbons (Fsp3) is 0.379. The second kappa shape index (κ2) is 12.0. The minimum atomic E-state index is -0.786. The maximum Gasteiger partial charge on any atom is 0.414 e. The van der Waals surface area contributed by atoms with E-state index in [0.717, 1.165) is 4.90 Å². The first kappa shape index (κ1) is 29.5. The molecule has 11 nitrogen and oxygen atoms in total. The van der Waals surface area contributed by atoms with Crippen LogP contribution in [0.25, 0.3) is 5.69 Å². The highest BCUT2D eigenvalue weighted by Crippen LogP contribution is 2.31. The van der Waals surface area contributed by atoms with Crippen LogP contribution in [0.5, 0.6) is 5.75 Å². The van der Waals surface area contributed by atoms with Gasteiger partial charge in [-0.2, -0.15) is 5.10 Å². The number of benzene rings is 2. The summed E-state index contributed by atoms with van der Waals surface area (Å²) in [5.74, 6) is -1.33. The summed E-state index contributed by atoms with van der Waals surface area (Å²) in [7, 11) is 3.02. The van der Waals surface area contributed by atoms with Gasteiger partial charge in [-0.25, -0.2) is 13.9 Å². The molecule has 1 aliphatic heterocycles. The number of hydrogen-bond donors (Lipinski definition) is 1. The van der Waals surface area contributed by atoms with E-state index in [1.165, 1.54) is 35.9 Å². The molecule has 0 spiro atoms. The Balaban J connectivity index is 1.73. The summed E-state index contributed by atoms with van der Waals surface area (Å²) in [5.41, 5.74) is 6.25. The average molecular weight is 568 g/mol. The predicted octanol–water partition coefficient (Wildman–Crippen LogP) is 4.10. The Morgan fingerprint density at radius 1 is 1.10 bits per heavy atom. The number of rotatable bonds is 8. The average Bonchev–Trinajstić information content (AvgIpc) is 3.22. The van der Waals surface area contributed by atoms with Crippen LogP contribution in [0.1, 0.15) is 53.7 Å². The van der Waals surface area contributed by atoms with E-state index in [1.54, 1.807) is 51.1 Å². The monoisotopic (exact) mass is 567 g/mol. The standard InChI is InChI=1S/C29H34FN5O6/c1-29(2,3)41-28(38)34(15-16-39-4)23-13-10-19(17-22(23)30)33-14-6-7-21-24(26(31)36)32-35(25(21)27(33)37)18-8-11-20(40-5)12-9-18/h8-13,17H,6-7,14-16H2,1-5H3,(H2,31,36). The molecule has 1 aromatic heterocycles. The third-order valence-corrected chi connectivity index (χ3v) is 6.46. The maximum absolute atomic E-state index is 15.6. The number of ether oxygens (including phenoxy) is 3. The number of amides is 3. The maximum atomic E-state index is 15.6. The number of carbonyl (C=O) groups excluding carboxylic acids is 3. The number of aromatic nitrogens is 2. The first-order chi connectivity index (χ1) is 19.4. The van der Waals surface area contributed by atoms with Gasteiger partial charge in [0.15, 0.2) is 5.69 Å². The molecule has 0 saturated heterocycles. The molecule has 218 valence electrons. The molecule has 0 atom stereocenters. The molecular formula is C29H34FN5O6. The van der Waals surface area contributed by atoms with Crippen molar-refractivity contribution in [1.29, 1.82) is 0 Å². The Morgan fingerprint density at radius 3 is 2.37 bits per heavy atom. The molecule has 2 N–H and O–H groups in total. The Bertz CT molecular complexity index is 1450. The van der Waals surface area contributed by atoms with Gasteiger partial charge in [-0.1, -0.05) is 0 Å². The van der Waals surface area contributed by atoms with E-state index in [4.69, 9.17) is 19.9 Å². The van der Waals surface area contributed by atoms with Gasteiger partial charge in [0.2, 0.25) is 0 Å². The smallest absolute Gasteiger partial charge is 0.414 e. The van der Waals surface area contributed by atoms with E-state index in [9.17, 15) is 14.4 Å². The molecule has 0 bridgehead atoms. The van der Waals surface area contributed by atoms with Crippen molar-refractivity contribution in [3.8, 4) is 11.4 Å². The van der Waals surface area contributed by atoms with E-state index in [2.05, 4.69) is 5.10 Å².